The fraction of sp³-hybridized carbons (Fsp3) is 0.500. The molecule has 0 saturated heterocycles. The number of benzene rings is 2. The van der Waals surface area contributed by atoms with Crippen LogP contribution in [-0.2, 0) is 30.8 Å². The van der Waals surface area contributed by atoms with E-state index in [2.05, 4.69) is 6.92 Å². The Hall–Kier alpha value is -3.40. The first-order valence-corrected chi connectivity index (χ1v) is 15.3. The van der Waals surface area contributed by atoms with Crippen LogP contribution in [0.3, 0.4) is 0 Å². The van der Waals surface area contributed by atoms with E-state index in [1.165, 1.54) is 7.11 Å². The van der Waals surface area contributed by atoms with Gasteiger partial charge in [-0.25, -0.2) is 4.79 Å². The second-order valence-electron chi connectivity index (χ2n) is 8.85. The fourth-order valence-electron chi connectivity index (χ4n) is 3.56. The van der Waals surface area contributed by atoms with Crippen molar-refractivity contribution < 1.29 is 41.1 Å². The minimum Gasteiger partial charge on any atom is -0.493 e. The summed E-state index contributed by atoms with van der Waals surface area (Å²) in [5.74, 6) is 1.17. The molecule has 0 spiro atoms. The van der Waals surface area contributed by atoms with Crippen LogP contribution in [-0.4, -0.2) is 53.7 Å². The summed E-state index contributed by atoms with van der Waals surface area (Å²) in [5.41, 5.74) is 1.60. The average Bonchev–Trinajstić information content (AvgIpc) is 2.93. The molecule has 2 rings (SSSR count). The molecule has 2 aromatic carbocycles. The Kier molecular flexibility index (Phi) is 14.2. The van der Waals surface area contributed by atoms with Crippen LogP contribution in [0, 0.1) is 0 Å². The minimum atomic E-state index is -3.69. The number of unbranched alkanes of at least 4 members (excludes halogenated alkanes) is 2. The Morgan fingerprint density at radius 1 is 0.800 bits per heavy atom. The molecular weight excluding hydrogens is 536 g/mol. The van der Waals surface area contributed by atoms with Gasteiger partial charge in [-0.05, 0) is 68.2 Å². The van der Waals surface area contributed by atoms with E-state index in [4.69, 9.17) is 27.9 Å². The second kappa shape index (κ2) is 17.3. The zero-order valence-corrected chi connectivity index (χ0v) is 25.0. The highest BCUT2D eigenvalue weighted by atomic mass is 32.2. The molecule has 9 nitrogen and oxygen atoms in total. The topological polar surface area (TPSA) is 107 Å². The van der Waals surface area contributed by atoms with Crippen molar-refractivity contribution in [2.75, 3.05) is 39.3 Å². The van der Waals surface area contributed by atoms with Crippen LogP contribution in [0.25, 0.3) is 6.08 Å². The average molecular weight is 579 g/mol. The molecule has 0 aliphatic rings. The summed E-state index contributed by atoms with van der Waals surface area (Å²) in [6, 6.07) is 10.5. The molecule has 0 fully saturated rings. The highest BCUT2D eigenvalue weighted by Crippen LogP contribution is 2.32. The second-order valence-corrected chi connectivity index (χ2v) is 10.5. The van der Waals surface area contributed by atoms with Crippen molar-refractivity contribution in [3.63, 3.8) is 0 Å². The highest BCUT2D eigenvalue weighted by molar-refractivity contribution is 7.87. The summed E-state index contributed by atoms with van der Waals surface area (Å²) in [5, 5.41) is 0. The lowest BCUT2D eigenvalue weighted by molar-refractivity contribution is -0.142. The van der Waals surface area contributed by atoms with Crippen molar-refractivity contribution >= 4 is 22.2 Å². The quantitative estimate of drug-likeness (QED) is 0.0658. The Labute approximate surface area is 238 Å². The fourth-order valence-corrected chi connectivity index (χ4v) is 4.69. The lowest BCUT2D eigenvalue weighted by Gasteiger charge is -2.15. The van der Waals surface area contributed by atoms with Gasteiger partial charge in [0.25, 0.3) is 0 Å². The molecule has 0 saturated carbocycles. The van der Waals surface area contributed by atoms with Crippen molar-refractivity contribution in [2.45, 2.75) is 59.8 Å². The smallest absolute Gasteiger partial charge is 0.373 e. The maximum Gasteiger partial charge on any atom is 0.373 e. The number of hydrogen-bond acceptors (Lipinski definition) is 9. The molecule has 0 aliphatic heterocycles. The molecule has 222 valence electrons. The summed E-state index contributed by atoms with van der Waals surface area (Å²) in [7, 11) is -2.22. The number of rotatable bonds is 19. The maximum absolute atomic E-state index is 12.2. The van der Waals surface area contributed by atoms with Crippen LogP contribution in [0.1, 0.15) is 64.5 Å². The molecule has 0 N–H and O–H groups in total. The largest absolute Gasteiger partial charge is 0.493 e. The standard InChI is InChI=1S/C30H42O9S/c1-6-10-17-37-28-21-24(22-29(35-8-3)30(31)36-9-4)13-14-25(28)38-18-16-23-12-15-26(27(20-23)34-5)39-40(32,33)19-11-7-2/h12-15,20-22H,6-11,16-19H2,1-5H3/b29-22-. The highest BCUT2D eigenvalue weighted by Gasteiger charge is 2.17. The first-order chi connectivity index (χ1) is 19.3. The number of carbonyl (C=O) groups excluding carboxylic acids is 1. The van der Waals surface area contributed by atoms with Crippen molar-refractivity contribution in [3.05, 3.63) is 53.3 Å². The summed E-state index contributed by atoms with van der Waals surface area (Å²) >= 11 is 0. The van der Waals surface area contributed by atoms with Crippen molar-refractivity contribution in [1.29, 1.82) is 0 Å². The predicted octanol–water partition coefficient (Wildman–Crippen LogP) is 5.94. The molecule has 0 radical (unpaired) electrons. The summed E-state index contributed by atoms with van der Waals surface area (Å²) < 4.78 is 57.6. The number of esters is 1. The van der Waals surface area contributed by atoms with Crippen molar-refractivity contribution in [3.8, 4) is 23.0 Å². The van der Waals surface area contributed by atoms with Gasteiger partial charge in [0.1, 0.15) is 0 Å². The molecule has 0 atom stereocenters. The monoisotopic (exact) mass is 578 g/mol. The first-order valence-electron chi connectivity index (χ1n) is 13.8. The van der Waals surface area contributed by atoms with Crippen LogP contribution in [0.15, 0.2) is 42.2 Å². The van der Waals surface area contributed by atoms with E-state index in [9.17, 15) is 13.2 Å². The Balaban J connectivity index is 2.16. The van der Waals surface area contributed by atoms with Gasteiger partial charge >= 0.3 is 16.1 Å². The van der Waals surface area contributed by atoms with E-state index >= 15 is 0 Å². The molecule has 0 aromatic heterocycles. The SMILES string of the molecule is CCCCOc1cc(/C=C(\OCC)C(=O)OCC)ccc1OCCc1ccc(OS(=O)(=O)CCCC)c(OC)c1. The molecule has 40 heavy (non-hydrogen) atoms. The Morgan fingerprint density at radius 2 is 1.50 bits per heavy atom. The van der Waals surface area contributed by atoms with Gasteiger partial charge in [0.2, 0.25) is 5.76 Å². The number of carbonyl (C=O) groups is 1. The van der Waals surface area contributed by atoms with E-state index in [-0.39, 0.29) is 23.9 Å². The molecule has 0 aliphatic carbocycles. The van der Waals surface area contributed by atoms with Crippen LogP contribution in [0.2, 0.25) is 0 Å². The third kappa shape index (κ3) is 11.0. The van der Waals surface area contributed by atoms with E-state index in [0.717, 1.165) is 24.8 Å². The van der Waals surface area contributed by atoms with Gasteiger partial charge in [-0.1, -0.05) is 38.8 Å². The zero-order valence-electron chi connectivity index (χ0n) is 24.2. The lowest BCUT2D eigenvalue weighted by Crippen LogP contribution is -2.14. The normalized spacial score (nSPS) is 11.6. The van der Waals surface area contributed by atoms with E-state index in [0.29, 0.717) is 55.5 Å². The van der Waals surface area contributed by atoms with E-state index in [1.807, 2.05) is 13.0 Å². The molecule has 0 bridgehead atoms. The maximum atomic E-state index is 12.2. The van der Waals surface area contributed by atoms with Crippen molar-refractivity contribution in [2.24, 2.45) is 0 Å². The summed E-state index contributed by atoms with van der Waals surface area (Å²) in [6.45, 7) is 8.99. The number of ether oxygens (including phenoxy) is 5. The molecule has 2 aromatic rings. The molecular formula is C30H42O9S. The van der Waals surface area contributed by atoms with Crippen LogP contribution in [0.5, 0.6) is 23.0 Å². The molecule has 0 unspecified atom stereocenters. The van der Waals surface area contributed by atoms with Crippen LogP contribution in [0.4, 0.5) is 0 Å². The lowest BCUT2D eigenvalue weighted by atomic mass is 10.1. The van der Waals surface area contributed by atoms with Crippen LogP contribution < -0.4 is 18.4 Å². The predicted molar refractivity (Wildman–Crippen MR) is 155 cm³/mol. The van der Waals surface area contributed by atoms with Gasteiger partial charge in [-0.2, -0.15) is 8.42 Å². The molecule has 10 heteroatoms. The third-order valence-corrected chi connectivity index (χ3v) is 6.86. The summed E-state index contributed by atoms with van der Waals surface area (Å²) in [6.07, 6.45) is 5.30. The molecule has 0 amide bonds. The Morgan fingerprint density at radius 3 is 2.17 bits per heavy atom. The minimum absolute atomic E-state index is 0.0464. The number of hydrogen-bond donors (Lipinski definition) is 0. The zero-order chi connectivity index (χ0) is 29.4. The first kappa shape index (κ1) is 32.8. The van der Waals surface area contributed by atoms with Gasteiger partial charge in [0.05, 0.1) is 39.3 Å². The van der Waals surface area contributed by atoms with Gasteiger partial charge in [0, 0.05) is 6.42 Å². The number of methoxy groups -OCH3 is 1. The van der Waals surface area contributed by atoms with Gasteiger partial charge in [0.15, 0.2) is 23.0 Å². The Bertz CT molecular complexity index is 1210. The van der Waals surface area contributed by atoms with Gasteiger partial charge in [-0.15, -0.1) is 0 Å². The van der Waals surface area contributed by atoms with E-state index < -0.39 is 16.1 Å². The third-order valence-electron chi connectivity index (χ3n) is 5.64. The molecule has 0 heterocycles. The van der Waals surface area contributed by atoms with Gasteiger partial charge in [-0.3, -0.25) is 0 Å². The van der Waals surface area contributed by atoms with E-state index in [1.54, 1.807) is 50.3 Å². The summed E-state index contributed by atoms with van der Waals surface area (Å²) in [4.78, 5) is 12.2. The van der Waals surface area contributed by atoms with Crippen LogP contribution >= 0.6 is 0 Å². The van der Waals surface area contributed by atoms with Crippen molar-refractivity contribution in [1.82, 2.24) is 0 Å². The van der Waals surface area contributed by atoms with Gasteiger partial charge < -0.3 is 27.9 Å².